The molecule has 1 aromatic rings. The van der Waals surface area contributed by atoms with Gasteiger partial charge in [0.05, 0.1) is 19.6 Å². The van der Waals surface area contributed by atoms with Gasteiger partial charge in [-0.3, -0.25) is 9.59 Å². The molecule has 7 nitrogen and oxygen atoms in total. The van der Waals surface area contributed by atoms with E-state index in [4.69, 9.17) is 19.3 Å². The van der Waals surface area contributed by atoms with E-state index < -0.39 is 12.0 Å². The van der Waals surface area contributed by atoms with Gasteiger partial charge in [0.2, 0.25) is 19.0 Å². The van der Waals surface area contributed by atoms with E-state index in [1.807, 2.05) is 0 Å². The molecular formula is C12H13NO6. The number of fused-ring (bicyclic) bond motifs is 1. The van der Waals surface area contributed by atoms with E-state index in [1.54, 1.807) is 12.1 Å². The molecule has 1 amide bonds. The van der Waals surface area contributed by atoms with Crippen molar-refractivity contribution in [3.8, 4) is 17.2 Å². The Labute approximate surface area is 109 Å². The average molecular weight is 267 g/mol. The second kappa shape index (κ2) is 5.47. The summed E-state index contributed by atoms with van der Waals surface area (Å²) in [4.78, 5) is 21.4. The fourth-order valence-electron chi connectivity index (χ4n) is 1.88. The minimum atomic E-state index is -1.02. The van der Waals surface area contributed by atoms with E-state index in [2.05, 4.69) is 5.32 Å². The van der Waals surface area contributed by atoms with Crippen LogP contribution in [-0.4, -0.2) is 31.4 Å². The average Bonchev–Trinajstić information content (AvgIpc) is 2.84. The van der Waals surface area contributed by atoms with E-state index in [0.717, 1.165) is 0 Å². The lowest BCUT2D eigenvalue weighted by Crippen LogP contribution is -2.22. The van der Waals surface area contributed by atoms with Gasteiger partial charge in [0, 0.05) is 0 Å². The lowest BCUT2D eigenvalue weighted by atomic mass is 10.0. The van der Waals surface area contributed by atoms with Crippen molar-refractivity contribution in [3.05, 3.63) is 17.7 Å². The number of aliphatic carboxylic acids is 1. The summed E-state index contributed by atoms with van der Waals surface area (Å²) >= 11 is 0. The maximum atomic E-state index is 10.8. The minimum Gasteiger partial charge on any atom is -0.493 e. The molecule has 0 aliphatic carbocycles. The van der Waals surface area contributed by atoms with E-state index in [9.17, 15) is 9.59 Å². The highest BCUT2D eigenvalue weighted by atomic mass is 16.7. The van der Waals surface area contributed by atoms with Crippen LogP contribution < -0.4 is 19.5 Å². The van der Waals surface area contributed by atoms with Crippen molar-refractivity contribution < 1.29 is 28.9 Å². The molecule has 0 unspecified atom stereocenters. The van der Waals surface area contributed by atoms with Gasteiger partial charge in [-0.15, -0.1) is 0 Å². The molecule has 1 aliphatic rings. The Morgan fingerprint density at radius 2 is 2.37 bits per heavy atom. The Hall–Kier alpha value is -2.44. The van der Waals surface area contributed by atoms with Crippen molar-refractivity contribution >= 4 is 12.4 Å². The molecule has 1 aliphatic heterocycles. The number of carbonyl (C=O) groups is 2. The molecular weight excluding hydrogens is 254 g/mol. The summed E-state index contributed by atoms with van der Waals surface area (Å²) in [6.45, 7) is 0.0832. The smallest absolute Gasteiger partial charge is 0.305 e. The Morgan fingerprint density at radius 1 is 1.58 bits per heavy atom. The van der Waals surface area contributed by atoms with Gasteiger partial charge in [-0.1, -0.05) is 0 Å². The summed E-state index contributed by atoms with van der Waals surface area (Å²) in [5.41, 5.74) is 0.579. The lowest BCUT2D eigenvalue weighted by Gasteiger charge is -2.16. The number of rotatable bonds is 6. The number of carboxylic acids is 1. The second-order valence-electron chi connectivity index (χ2n) is 3.89. The Balaban J connectivity index is 2.36. The van der Waals surface area contributed by atoms with Crippen LogP contribution in [0, 0.1) is 0 Å². The Bertz CT molecular complexity index is 501. The van der Waals surface area contributed by atoms with Gasteiger partial charge < -0.3 is 24.6 Å². The van der Waals surface area contributed by atoms with Crippen molar-refractivity contribution in [2.24, 2.45) is 0 Å². The highest BCUT2D eigenvalue weighted by molar-refractivity contribution is 5.69. The van der Waals surface area contributed by atoms with Crippen LogP contribution in [0.1, 0.15) is 18.0 Å². The molecule has 0 saturated heterocycles. The summed E-state index contributed by atoms with van der Waals surface area (Å²) < 4.78 is 15.7. The fraction of sp³-hybridized carbons (Fsp3) is 0.333. The van der Waals surface area contributed by atoms with E-state index in [1.165, 1.54) is 7.11 Å². The van der Waals surface area contributed by atoms with Crippen molar-refractivity contribution in [2.45, 2.75) is 12.5 Å². The van der Waals surface area contributed by atoms with E-state index in [-0.39, 0.29) is 13.2 Å². The third-order valence-electron chi connectivity index (χ3n) is 2.73. The number of nitrogens with one attached hydrogen (secondary N) is 1. The zero-order valence-corrected chi connectivity index (χ0v) is 10.2. The van der Waals surface area contributed by atoms with Crippen LogP contribution in [0.2, 0.25) is 0 Å². The van der Waals surface area contributed by atoms with Crippen molar-refractivity contribution in [1.29, 1.82) is 0 Å². The van der Waals surface area contributed by atoms with Crippen molar-refractivity contribution in [3.63, 3.8) is 0 Å². The van der Waals surface area contributed by atoms with Crippen LogP contribution in [0.5, 0.6) is 17.2 Å². The van der Waals surface area contributed by atoms with Gasteiger partial charge in [0.25, 0.3) is 0 Å². The SMILES string of the molecule is COc1cc([C@@H](CC(=O)O)NC=O)cc2c1OCO2. The monoisotopic (exact) mass is 267 g/mol. The first-order valence-corrected chi connectivity index (χ1v) is 5.54. The maximum Gasteiger partial charge on any atom is 0.305 e. The summed E-state index contributed by atoms with van der Waals surface area (Å²) in [5.74, 6) is 0.368. The molecule has 0 aromatic heterocycles. The molecule has 102 valence electrons. The van der Waals surface area contributed by atoms with E-state index in [0.29, 0.717) is 29.2 Å². The molecule has 1 atom stereocenters. The standard InChI is InChI=1S/C12H13NO6/c1-17-9-2-7(3-10-12(9)19-6-18-10)8(13-5-14)4-11(15)16/h2-3,5,8H,4,6H2,1H3,(H,13,14)(H,15,16)/t8-/m1/s1. The third-order valence-corrected chi connectivity index (χ3v) is 2.73. The quantitative estimate of drug-likeness (QED) is 0.736. The predicted octanol–water partition coefficient (Wildman–Crippen LogP) is 0.686. The fourth-order valence-corrected chi connectivity index (χ4v) is 1.88. The van der Waals surface area contributed by atoms with Crippen LogP contribution in [0.15, 0.2) is 12.1 Å². The largest absolute Gasteiger partial charge is 0.493 e. The third kappa shape index (κ3) is 2.70. The van der Waals surface area contributed by atoms with E-state index >= 15 is 0 Å². The minimum absolute atomic E-state index is 0.0832. The van der Waals surface area contributed by atoms with Crippen LogP contribution in [0.3, 0.4) is 0 Å². The molecule has 2 N–H and O–H groups in total. The molecule has 0 bridgehead atoms. The number of benzene rings is 1. The van der Waals surface area contributed by atoms with Crippen molar-refractivity contribution in [1.82, 2.24) is 5.32 Å². The highest BCUT2D eigenvalue weighted by Gasteiger charge is 2.24. The van der Waals surface area contributed by atoms with Gasteiger partial charge in [-0.05, 0) is 17.7 Å². The zero-order valence-electron chi connectivity index (χ0n) is 10.2. The molecule has 0 saturated carbocycles. The molecule has 0 spiro atoms. The highest BCUT2D eigenvalue weighted by Crippen LogP contribution is 2.43. The molecule has 0 radical (unpaired) electrons. The van der Waals surface area contributed by atoms with Gasteiger partial charge in [-0.2, -0.15) is 0 Å². The first kappa shape index (κ1) is 13.0. The number of hydrogen-bond acceptors (Lipinski definition) is 5. The first-order valence-electron chi connectivity index (χ1n) is 5.54. The van der Waals surface area contributed by atoms with Gasteiger partial charge >= 0.3 is 5.97 Å². The normalized spacial score (nSPS) is 13.7. The number of carboxylic acid groups (broad SMARTS) is 1. The molecule has 19 heavy (non-hydrogen) atoms. The van der Waals surface area contributed by atoms with Crippen LogP contribution >= 0.6 is 0 Å². The summed E-state index contributed by atoms with van der Waals surface area (Å²) in [6, 6.07) is 2.60. The summed E-state index contributed by atoms with van der Waals surface area (Å²) in [7, 11) is 1.47. The summed E-state index contributed by atoms with van der Waals surface area (Å²) in [6.07, 6.45) is 0.228. The molecule has 1 aromatic carbocycles. The zero-order chi connectivity index (χ0) is 13.8. The number of methoxy groups -OCH3 is 1. The topological polar surface area (TPSA) is 94.1 Å². The Morgan fingerprint density at radius 3 is 3.00 bits per heavy atom. The van der Waals surface area contributed by atoms with Crippen LogP contribution in [-0.2, 0) is 9.59 Å². The second-order valence-corrected chi connectivity index (χ2v) is 3.89. The molecule has 0 fully saturated rings. The predicted molar refractivity (Wildman–Crippen MR) is 63.3 cm³/mol. The molecule has 2 rings (SSSR count). The number of hydrogen-bond donors (Lipinski definition) is 2. The van der Waals surface area contributed by atoms with Crippen LogP contribution in [0.25, 0.3) is 0 Å². The van der Waals surface area contributed by atoms with Gasteiger partial charge in [0.1, 0.15) is 0 Å². The molecule has 1 heterocycles. The summed E-state index contributed by atoms with van der Waals surface area (Å²) in [5, 5.41) is 11.3. The lowest BCUT2D eigenvalue weighted by molar-refractivity contribution is -0.137. The first-order chi connectivity index (χ1) is 9.15. The van der Waals surface area contributed by atoms with Gasteiger partial charge in [-0.25, -0.2) is 0 Å². The van der Waals surface area contributed by atoms with Crippen molar-refractivity contribution in [2.75, 3.05) is 13.9 Å². The van der Waals surface area contributed by atoms with Crippen LogP contribution in [0.4, 0.5) is 0 Å². The number of carbonyl (C=O) groups excluding carboxylic acids is 1. The molecule has 7 heteroatoms. The number of ether oxygens (including phenoxy) is 3. The Kier molecular flexibility index (Phi) is 3.74. The van der Waals surface area contributed by atoms with Gasteiger partial charge in [0.15, 0.2) is 11.5 Å². The number of amides is 1. The maximum absolute atomic E-state index is 10.8.